The number of fused-ring (bicyclic) bond motifs is 1. The topological polar surface area (TPSA) is 29.9 Å². The van der Waals surface area contributed by atoms with Crippen molar-refractivity contribution in [3.8, 4) is 0 Å². The molecule has 0 radical (unpaired) electrons. The van der Waals surface area contributed by atoms with Gasteiger partial charge in [-0.2, -0.15) is 16.9 Å². The SMILES string of the molecule is Brc1nn(C2CCSCC2)c2c1CNC2. The van der Waals surface area contributed by atoms with Gasteiger partial charge < -0.3 is 5.32 Å². The highest BCUT2D eigenvalue weighted by Crippen LogP contribution is 2.32. The van der Waals surface area contributed by atoms with E-state index in [-0.39, 0.29) is 0 Å². The van der Waals surface area contributed by atoms with Crippen LogP contribution in [-0.4, -0.2) is 21.3 Å². The second kappa shape index (κ2) is 4.11. The Morgan fingerprint density at radius 2 is 2.13 bits per heavy atom. The van der Waals surface area contributed by atoms with Crippen LogP contribution in [0, 0.1) is 0 Å². The van der Waals surface area contributed by atoms with Crippen LogP contribution >= 0.6 is 27.7 Å². The smallest absolute Gasteiger partial charge is 0.132 e. The van der Waals surface area contributed by atoms with Crippen molar-refractivity contribution < 1.29 is 0 Å². The van der Waals surface area contributed by atoms with E-state index in [9.17, 15) is 0 Å². The van der Waals surface area contributed by atoms with Gasteiger partial charge in [0, 0.05) is 18.7 Å². The van der Waals surface area contributed by atoms with Crippen molar-refractivity contribution in [3.63, 3.8) is 0 Å². The zero-order chi connectivity index (χ0) is 10.3. The standard InChI is InChI=1S/C10H14BrN3S/c11-10-8-5-12-6-9(8)14(13-10)7-1-3-15-4-2-7/h7,12H,1-6H2. The predicted octanol–water partition coefficient (Wildman–Crippen LogP) is 2.32. The van der Waals surface area contributed by atoms with Crippen LogP contribution in [-0.2, 0) is 13.1 Å². The van der Waals surface area contributed by atoms with Gasteiger partial charge >= 0.3 is 0 Å². The maximum absolute atomic E-state index is 4.64. The van der Waals surface area contributed by atoms with Crippen LogP contribution in [0.3, 0.4) is 0 Å². The van der Waals surface area contributed by atoms with E-state index in [0.29, 0.717) is 6.04 Å². The average molecular weight is 288 g/mol. The summed E-state index contributed by atoms with van der Waals surface area (Å²) in [5.74, 6) is 2.56. The Morgan fingerprint density at radius 1 is 1.33 bits per heavy atom. The summed E-state index contributed by atoms with van der Waals surface area (Å²) in [6.07, 6.45) is 2.54. The molecule has 0 unspecified atom stereocenters. The Kier molecular flexibility index (Phi) is 2.79. The van der Waals surface area contributed by atoms with Crippen molar-refractivity contribution in [1.29, 1.82) is 0 Å². The molecule has 3 nitrogen and oxygen atoms in total. The lowest BCUT2D eigenvalue weighted by molar-refractivity contribution is 0.410. The number of hydrogen-bond acceptors (Lipinski definition) is 3. The van der Waals surface area contributed by atoms with Crippen molar-refractivity contribution in [2.75, 3.05) is 11.5 Å². The van der Waals surface area contributed by atoms with Crippen molar-refractivity contribution in [3.05, 3.63) is 15.9 Å². The minimum Gasteiger partial charge on any atom is -0.307 e. The van der Waals surface area contributed by atoms with Gasteiger partial charge in [-0.05, 0) is 40.3 Å². The predicted molar refractivity (Wildman–Crippen MR) is 66.1 cm³/mol. The summed E-state index contributed by atoms with van der Waals surface area (Å²) in [5, 5.41) is 8.03. The third kappa shape index (κ3) is 1.74. The summed E-state index contributed by atoms with van der Waals surface area (Å²) in [7, 11) is 0. The molecule has 0 aliphatic carbocycles. The van der Waals surface area contributed by atoms with Crippen LogP contribution in [0.4, 0.5) is 0 Å². The third-order valence-corrected chi connectivity index (χ3v) is 4.89. The minimum atomic E-state index is 0.631. The molecule has 2 aliphatic heterocycles. The number of halogens is 1. The van der Waals surface area contributed by atoms with Gasteiger partial charge in [0.1, 0.15) is 4.60 Å². The van der Waals surface area contributed by atoms with Crippen molar-refractivity contribution in [1.82, 2.24) is 15.1 Å². The van der Waals surface area contributed by atoms with Gasteiger partial charge in [0.05, 0.1) is 11.7 Å². The first-order valence-electron chi connectivity index (χ1n) is 5.40. The van der Waals surface area contributed by atoms with Crippen molar-refractivity contribution in [2.24, 2.45) is 0 Å². The molecule has 1 saturated heterocycles. The molecule has 0 spiro atoms. The Labute approximate surface area is 102 Å². The van der Waals surface area contributed by atoms with Gasteiger partial charge in [0.25, 0.3) is 0 Å². The molecule has 0 saturated carbocycles. The molecule has 1 N–H and O–H groups in total. The molecule has 1 aromatic rings. The van der Waals surface area contributed by atoms with Crippen LogP contribution < -0.4 is 5.32 Å². The fraction of sp³-hybridized carbons (Fsp3) is 0.700. The van der Waals surface area contributed by atoms with E-state index in [2.05, 4.69) is 42.8 Å². The first kappa shape index (κ1) is 10.2. The zero-order valence-corrected chi connectivity index (χ0v) is 10.9. The van der Waals surface area contributed by atoms with Gasteiger partial charge in [-0.3, -0.25) is 4.68 Å². The van der Waals surface area contributed by atoms with Crippen LogP contribution in [0.5, 0.6) is 0 Å². The second-order valence-electron chi connectivity index (χ2n) is 4.11. The largest absolute Gasteiger partial charge is 0.307 e. The lowest BCUT2D eigenvalue weighted by atomic mass is 10.1. The van der Waals surface area contributed by atoms with Crippen LogP contribution in [0.2, 0.25) is 0 Å². The van der Waals surface area contributed by atoms with Crippen molar-refractivity contribution >= 4 is 27.7 Å². The fourth-order valence-electron chi connectivity index (χ4n) is 2.37. The van der Waals surface area contributed by atoms with Gasteiger partial charge in [-0.25, -0.2) is 0 Å². The second-order valence-corrected chi connectivity index (χ2v) is 6.08. The average Bonchev–Trinajstić information content (AvgIpc) is 2.84. The van der Waals surface area contributed by atoms with Gasteiger partial charge in [0.15, 0.2) is 0 Å². The molecule has 0 aromatic carbocycles. The van der Waals surface area contributed by atoms with E-state index in [0.717, 1.165) is 17.7 Å². The third-order valence-electron chi connectivity index (χ3n) is 3.20. The van der Waals surface area contributed by atoms with Crippen molar-refractivity contribution in [2.45, 2.75) is 32.0 Å². The monoisotopic (exact) mass is 287 g/mol. The Bertz CT molecular complexity index is 371. The summed E-state index contributed by atoms with van der Waals surface area (Å²) in [5.41, 5.74) is 2.77. The first-order chi connectivity index (χ1) is 7.36. The van der Waals surface area contributed by atoms with Gasteiger partial charge in [-0.1, -0.05) is 0 Å². The van der Waals surface area contributed by atoms with E-state index in [4.69, 9.17) is 0 Å². The molecular weight excluding hydrogens is 274 g/mol. The number of nitrogens with one attached hydrogen (secondary N) is 1. The van der Waals surface area contributed by atoms with Crippen LogP contribution in [0.1, 0.15) is 30.1 Å². The Morgan fingerprint density at radius 3 is 2.93 bits per heavy atom. The lowest BCUT2D eigenvalue weighted by Gasteiger charge is -2.23. The molecule has 5 heteroatoms. The maximum atomic E-state index is 4.64. The number of rotatable bonds is 1. The highest BCUT2D eigenvalue weighted by molar-refractivity contribution is 9.10. The minimum absolute atomic E-state index is 0.631. The van der Waals surface area contributed by atoms with Crippen LogP contribution in [0.15, 0.2) is 4.60 Å². The molecule has 0 bridgehead atoms. The molecule has 1 aromatic heterocycles. The van der Waals surface area contributed by atoms with E-state index in [1.165, 1.54) is 35.6 Å². The summed E-state index contributed by atoms with van der Waals surface area (Å²) < 4.78 is 3.31. The lowest BCUT2D eigenvalue weighted by Crippen LogP contribution is -2.19. The number of thioether (sulfide) groups is 1. The molecule has 82 valence electrons. The zero-order valence-electron chi connectivity index (χ0n) is 8.50. The first-order valence-corrected chi connectivity index (χ1v) is 7.35. The molecule has 15 heavy (non-hydrogen) atoms. The Balaban J connectivity index is 1.93. The summed E-state index contributed by atoms with van der Waals surface area (Å²) >= 11 is 5.62. The van der Waals surface area contributed by atoms with Gasteiger partial charge in [-0.15, -0.1) is 0 Å². The maximum Gasteiger partial charge on any atom is 0.132 e. The number of hydrogen-bond donors (Lipinski definition) is 1. The fourth-order valence-corrected chi connectivity index (χ4v) is 3.99. The molecular formula is C10H14BrN3S. The summed E-state index contributed by atoms with van der Waals surface area (Å²) in [6, 6.07) is 0.631. The molecule has 0 amide bonds. The quantitative estimate of drug-likeness (QED) is 0.860. The molecule has 3 rings (SSSR count). The molecule has 3 heterocycles. The number of nitrogens with zero attached hydrogens (tertiary/aromatic N) is 2. The van der Waals surface area contributed by atoms with E-state index in [1.54, 1.807) is 0 Å². The van der Waals surface area contributed by atoms with E-state index < -0.39 is 0 Å². The van der Waals surface area contributed by atoms with E-state index in [1.807, 2.05) is 0 Å². The highest BCUT2D eigenvalue weighted by Gasteiger charge is 2.25. The highest BCUT2D eigenvalue weighted by atomic mass is 79.9. The normalized spacial score (nSPS) is 21.9. The molecule has 0 atom stereocenters. The van der Waals surface area contributed by atoms with Crippen LogP contribution in [0.25, 0.3) is 0 Å². The van der Waals surface area contributed by atoms with Gasteiger partial charge in [0.2, 0.25) is 0 Å². The Hall–Kier alpha value is -0.0000000000000000763. The molecule has 2 aliphatic rings. The number of aromatic nitrogens is 2. The van der Waals surface area contributed by atoms with E-state index >= 15 is 0 Å². The summed E-state index contributed by atoms with van der Waals surface area (Å²) in [6.45, 7) is 1.95. The summed E-state index contributed by atoms with van der Waals surface area (Å²) in [4.78, 5) is 0. The molecule has 1 fully saturated rings.